The van der Waals surface area contributed by atoms with Crippen LogP contribution in [0.4, 0.5) is 10.3 Å². The van der Waals surface area contributed by atoms with Crippen LogP contribution in [-0.2, 0) is 12.8 Å². The topological polar surface area (TPSA) is 95.8 Å². The zero-order valence-corrected chi connectivity index (χ0v) is 19.1. The number of aromatic nitrogens is 6. The van der Waals surface area contributed by atoms with Gasteiger partial charge >= 0.3 is 0 Å². The molecular formula is C26H25FN8. The Morgan fingerprint density at radius 1 is 1.11 bits per heavy atom. The third-order valence-electron chi connectivity index (χ3n) is 7.20. The average Bonchev–Trinajstić information content (AvgIpc) is 3.63. The van der Waals surface area contributed by atoms with E-state index in [9.17, 15) is 4.39 Å². The maximum Gasteiger partial charge on any atom is 0.228 e. The molecule has 1 fully saturated rings. The molecule has 0 spiro atoms. The number of anilines is 1. The quantitative estimate of drug-likeness (QED) is 0.366. The SMILES string of the molecule is Fc1cc(-c2nc(N[C@@H]3CCc4[nH]c5ccccc5c4C3)n3nccc3n2)cnc1[C@@H]1CCCN1. The maximum atomic E-state index is 15.0. The van der Waals surface area contributed by atoms with E-state index in [1.807, 2.05) is 6.07 Å². The number of benzene rings is 1. The fraction of sp³-hybridized carbons (Fsp3) is 0.308. The third kappa shape index (κ3) is 3.54. The number of H-pyrrole nitrogens is 1. The summed E-state index contributed by atoms with van der Waals surface area (Å²) >= 11 is 0. The first-order valence-electron chi connectivity index (χ1n) is 12.2. The summed E-state index contributed by atoms with van der Waals surface area (Å²) in [5.41, 5.74) is 5.53. The lowest BCUT2D eigenvalue weighted by Crippen LogP contribution is -2.29. The molecule has 0 radical (unpaired) electrons. The van der Waals surface area contributed by atoms with Crippen molar-refractivity contribution in [2.75, 3.05) is 11.9 Å². The summed E-state index contributed by atoms with van der Waals surface area (Å²) in [6.07, 6.45) is 8.13. The number of fused-ring (bicyclic) bond motifs is 4. The van der Waals surface area contributed by atoms with E-state index in [4.69, 9.17) is 4.98 Å². The second kappa shape index (κ2) is 8.13. The zero-order chi connectivity index (χ0) is 23.4. The summed E-state index contributed by atoms with van der Waals surface area (Å²) in [6.45, 7) is 0.894. The van der Waals surface area contributed by atoms with Crippen LogP contribution < -0.4 is 10.6 Å². The van der Waals surface area contributed by atoms with Gasteiger partial charge in [-0.3, -0.25) is 4.98 Å². The zero-order valence-electron chi connectivity index (χ0n) is 19.1. The normalized spacial score (nSPS) is 19.9. The highest BCUT2D eigenvalue weighted by Crippen LogP contribution is 2.31. The molecule has 0 saturated carbocycles. The number of nitrogens with one attached hydrogen (secondary N) is 3. The Hall–Kier alpha value is -3.85. The minimum Gasteiger partial charge on any atom is -0.358 e. The van der Waals surface area contributed by atoms with E-state index in [0.717, 1.165) is 38.6 Å². The van der Waals surface area contributed by atoms with Crippen molar-refractivity contribution in [3.8, 4) is 11.4 Å². The van der Waals surface area contributed by atoms with Gasteiger partial charge in [0.15, 0.2) is 11.5 Å². The van der Waals surface area contributed by atoms with Crippen molar-refractivity contribution < 1.29 is 4.39 Å². The molecule has 0 unspecified atom stereocenters. The summed E-state index contributed by atoms with van der Waals surface area (Å²) in [5.74, 6) is 0.708. The van der Waals surface area contributed by atoms with Gasteiger partial charge in [-0.1, -0.05) is 18.2 Å². The Kier molecular flexibility index (Phi) is 4.76. The van der Waals surface area contributed by atoms with Crippen LogP contribution in [0, 0.1) is 5.82 Å². The smallest absolute Gasteiger partial charge is 0.228 e. The molecule has 0 amide bonds. The molecule has 8 nitrogen and oxygen atoms in total. The molecule has 35 heavy (non-hydrogen) atoms. The first-order valence-corrected chi connectivity index (χ1v) is 12.2. The van der Waals surface area contributed by atoms with Gasteiger partial charge < -0.3 is 15.6 Å². The van der Waals surface area contributed by atoms with Gasteiger partial charge in [-0.25, -0.2) is 9.37 Å². The standard InChI is InChI=1S/C26H25FN8/c27-19-12-15(14-29-24(19)22-6-3-10-28-22)25-33-23-9-11-30-35(23)26(34-25)31-16-7-8-21-18(13-16)17-4-1-2-5-20(17)32-21/h1-2,4-5,9,11-12,14,16,22,28,32H,3,6-8,10,13H2,(H,31,33,34)/t16-,22+/m1/s1. The molecule has 5 heterocycles. The highest BCUT2D eigenvalue weighted by Gasteiger charge is 2.25. The van der Waals surface area contributed by atoms with Crippen molar-refractivity contribution in [1.82, 2.24) is 34.9 Å². The molecule has 0 bridgehead atoms. The fourth-order valence-corrected chi connectivity index (χ4v) is 5.47. The van der Waals surface area contributed by atoms with Crippen molar-refractivity contribution in [2.24, 2.45) is 0 Å². The average molecular weight is 469 g/mol. The van der Waals surface area contributed by atoms with Crippen LogP contribution in [0.3, 0.4) is 0 Å². The number of aryl methyl sites for hydroxylation is 1. The molecule has 1 saturated heterocycles. The first kappa shape index (κ1) is 20.5. The number of hydrogen-bond donors (Lipinski definition) is 3. The summed E-state index contributed by atoms with van der Waals surface area (Å²) < 4.78 is 16.7. The van der Waals surface area contributed by atoms with Crippen molar-refractivity contribution >= 4 is 22.5 Å². The van der Waals surface area contributed by atoms with E-state index >= 15 is 0 Å². The highest BCUT2D eigenvalue weighted by molar-refractivity contribution is 5.85. The minimum atomic E-state index is -0.326. The molecule has 2 aliphatic rings. The van der Waals surface area contributed by atoms with Crippen LogP contribution in [0.1, 0.15) is 42.3 Å². The van der Waals surface area contributed by atoms with E-state index in [2.05, 4.69) is 54.9 Å². The van der Waals surface area contributed by atoms with Crippen molar-refractivity contribution in [1.29, 1.82) is 0 Å². The molecule has 2 atom stereocenters. The molecule has 4 aromatic heterocycles. The number of aromatic amines is 1. The summed E-state index contributed by atoms with van der Waals surface area (Å²) in [7, 11) is 0. The van der Waals surface area contributed by atoms with Crippen LogP contribution in [-0.4, -0.2) is 42.1 Å². The lowest BCUT2D eigenvalue weighted by molar-refractivity contribution is 0.541. The number of hydrogen-bond acceptors (Lipinski definition) is 6. The Labute approximate surface area is 201 Å². The predicted octanol–water partition coefficient (Wildman–Crippen LogP) is 4.20. The second-order valence-corrected chi connectivity index (χ2v) is 9.42. The lowest BCUT2D eigenvalue weighted by Gasteiger charge is -2.24. The third-order valence-corrected chi connectivity index (χ3v) is 7.20. The molecule has 1 aromatic carbocycles. The van der Waals surface area contributed by atoms with E-state index in [1.165, 1.54) is 28.2 Å². The van der Waals surface area contributed by atoms with Gasteiger partial charge in [0.05, 0.1) is 17.9 Å². The fourth-order valence-electron chi connectivity index (χ4n) is 5.47. The van der Waals surface area contributed by atoms with Crippen molar-refractivity contribution in [3.63, 3.8) is 0 Å². The Morgan fingerprint density at radius 3 is 2.94 bits per heavy atom. The number of nitrogens with zero attached hydrogens (tertiary/aromatic N) is 5. The van der Waals surface area contributed by atoms with Crippen LogP contribution in [0.2, 0.25) is 0 Å². The number of halogens is 1. The minimum absolute atomic E-state index is 0.0276. The summed E-state index contributed by atoms with van der Waals surface area (Å²) in [6, 6.07) is 11.9. The molecule has 7 rings (SSSR count). The molecule has 3 N–H and O–H groups in total. The second-order valence-electron chi connectivity index (χ2n) is 9.42. The summed E-state index contributed by atoms with van der Waals surface area (Å²) in [5, 5.41) is 12.6. The van der Waals surface area contributed by atoms with Gasteiger partial charge in [0, 0.05) is 40.5 Å². The highest BCUT2D eigenvalue weighted by atomic mass is 19.1. The Morgan fingerprint density at radius 2 is 2.06 bits per heavy atom. The molecule has 1 aliphatic heterocycles. The van der Waals surface area contributed by atoms with Gasteiger partial charge in [-0.05, 0) is 56.3 Å². The lowest BCUT2D eigenvalue weighted by atomic mass is 9.91. The van der Waals surface area contributed by atoms with Crippen LogP contribution in [0.15, 0.2) is 48.8 Å². The van der Waals surface area contributed by atoms with E-state index < -0.39 is 0 Å². The van der Waals surface area contributed by atoms with Gasteiger partial charge in [0.1, 0.15) is 5.82 Å². The van der Waals surface area contributed by atoms with Crippen LogP contribution in [0.5, 0.6) is 0 Å². The Bertz CT molecular complexity index is 1550. The molecule has 176 valence electrons. The van der Waals surface area contributed by atoms with E-state index in [1.54, 1.807) is 16.9 Å². The monoisotopic (exact) mass is 468 g/mol. The van der Waals surface area contributed by atoms with Crippen molar-refractivity contribution in [3.05, 3.63) is 71.6 Å². The van der Waals surface area contributed by atoms with Crippen LogP contribution in [0.25, 0.3) is 27.9 Å². The first-order chi connectivity index (χ1) is 17.2. The van der Waals surface area contributed by atoms with Crippen LogP contribution >= 0.6 is 0 Å². The van der Waals surface area contributed by atoms with Gasteiger partial charge in [-0.2, -0.15) is 14.6 Å². The molecular weight excluding hydrogens is 443 g/mol. The molecule has 9 heteroatoms. The predicted molar refractivity (Wildman–Crippen MR) is 132 cm³/mol. The maximum absolute atomic E-state index is 15.0. The Balaban J connectivity index is 1.21. The molecule has 1 aliphatic carbocycles. The largest absolute Gasteiger partial charge is 0.358 e. The summed E-state index contributed by atoms with van der Waals surface area (Å²) in [4.78, 5) is 17.4. The molecule has 5 aromatic rings. The van der Waals surface area contributed by atoms with Gasteiger partial charge in [0.25, 0.3) is 0 Å². The van der Waals surface area contributed by atoms with E-state index in [-0.39, 0.29) is 17.9 Å². The van der Waals surface area contributed by atoms with E-state index in [0.29, 0.717) is 28.7 Å². The van der Waals surface area contributed by atoms with Gasteiger partial charge in [-0.15, -0.1) is 0 Å². The van der Waals surface area contributed by atoms with Gasteiger partial charge in [0.2, 0.25) is 5.95 Å². The number of para-hydroxylation sites is 1. The number of pyridine rings is 1. The van der Waals surface area contributed by atoms with Crippen molar-refractivity contribution in [2.45, 2.75) is 44.2 Å². The number of rotatable bonds is 4.